The van der Waals surface area contributed by atoms with Crippen molar-refractivity contribution in [3.8, 4) is 0 Å². The molecule has 5 heteroatoms. The largest absolute Gasteiger partial charge is 0.443 e. The van der Waals surface area contributed by atoms with Gasteiger partial charge in [0, 0.05) is 5.02 Å². The average molecular weight is 255 g/mol. The smallest absolute Gasteiger partial charge is 0.428 e. The van der Waals surface area contributed by atoms with Crippen molar-refractivity contribution in [2.75, 3.05) is 0 Å². The first-order chi connectivity index (χ1) is 7.87. The van der Waals surface area contributed by atoms with Crippen LogP contribution in [0.1, 0.15) is 26.3 Å². The number of benzene rings is 1. The van der Waals surface area contributed by atoms with Crippen LogP contribution in [0.4, 0.5) is 4.79 Å². The molecule has 0 fully saturated rings. The molecule has 0 spiro atoms. The highest BCUT2D eigenvalue weighted by atomic mass is 35.5. The minimum absolute atomic E-state index is 0.528. The Morgan fingerprint density at radius 1 is 1.35 bits per heavy atom. The standard InChI is InChI=1S/C12H15ClN2O2/c1-12(2,3)17-11(16)15-14-8-9-4-6-10(13)7-5-9/h4-8H,1-3H3,(H,15,16). The molecule has 0 radical (unpaired) electrons. The molecule has 0 saturated heterocycles. The van der Waals surface area contributed by atoms with Gasteiger partial charge in [0.1, 0.15) is 5.60 Å². The number of rotatable bonds is 2. The zero-order valence-corrected chi connectivity index (χ0v) is 10.8. The van der Waals surface area contributed by atoms with Gasteiger partial charge in [0.05, 0.1) is 6.21 Å². The first kappa shape index (κ1) is 13.5. The van der Waals surface area contributed by atoms with E-state index in [2.05, 4.69) is 10.5 Å². The maximum Gasteiger partial charge on any atom is 0.428 e. The lowest BCUT2D eigenvalue weighted by Crippen LogP contribution is -2.29. The van der Waals surface area contributed by atoms with Crippen molar-refractivity contribution in [2.45, 2.75) is 26.4 Å². The van der Waals surface area contributed by atoms with Crippen molar-refractivity contribution >= 4 is 23.9 Å². The third-order valence-corrected chi connectivity index (χ3v) is 1.89. The van der Waals surface area contributed by atoms with Crippen LogP contribution in [0.5, 0.6) is 0 Å². The van der Waals surface area contributed by atoms with Crippen LogP contribution in [0, 0.1) is 0 Å². The summed E-state index contributed by atoms with van der Waals surface area (Å²) in [7, 11) is 0. The average Bonchev–Trinajstić information content (AvgIpc) is 2.18. The maximum atomic E-state index is 11.2. The summed E-state index contributed by atoms with van der Waals surface area (Å²) in [6, 6.07) is 7.08. The lowest BCUT2D eigenvalue weighted by Gasteiger charge is -2.18. The van der Waals surface area contributed by atoms with Crippen molar-refractivity contribution in [3.05, 3.63) is 34.9 Å². The van der Waals surface area contributed by atoms with Gasteiger partial charge in [-0.25, -0.2) is 10.2 Å². The molecule has 0 aromatic heterocycles. The second-order valence-corrected chi connectivity index (χ2v) is 4.86. The van der Waals surface area contributed by atoms with Gasteiger partial charge in [0.15, 0.2) is 0 Å². The third-order valence-electron chi connectivity index (χ3n) is 1.64. The second kappa shape index (κ2) is 5.68. The molecule has 1 amide bonds. The topological polar surface area (TPSA) is 50.7 Å². The molecule has 0 bridgehead atoms. The summed E-state index contributed by atoms with van der Waals surface area (Å²) in [5, 5.41) is 4.42. The van der Waals surface area contributed by atoms with Gasteiger partial charge in [-0.15, -0.1) is 0 Å². The fourth-order valence-corrected chi connectivity index (χ4v) is 1.14. The molecular weight excluding hydrogens is 240 g/mol. The Kier molecular flexibility index (Phi) is 4.52. The molecule has 1 N–H and O–H groups in total. The van der Waals surface area contributed by atoms with E-state index in [9.17, 15) is 4.79 Å². The van der Waals surface area contributed by atoms with Gasteiger partial charge in [-0.2, -0.15) is 5.10 Å². The Morgan fingerprint density at radius 2 is 1.94 bits per heavy atom. The van der Waals surface area contributed by atoms with Gasteiger partial charge in [-0.3, -0.25) is 0 Å². The summed E-state index contributed by atoms with van der Waals surface area (Å²) in [6.07, 6.45) is 0.933. The summed E-state index contributed by atoms with van der Waals surface area (Å²) in [4.78, 5) is 11.2. The fourth-order valence-electron chi connectivity index (χ4n) is 1.01. The summed E-state index contributed by atoms with van der Waals surface area (Å²) < 4.78 is 5.01. The summed E-state index contributed by atoms with van der Waals surface area (Å²) >= 11 is 5.73. The predicted molar refractivity (Wildman–Crippen MR) is 68.4 cm³/mol. The van der Waals surface area contributed by atoms with Crippen LogP contribution in [0.3, 0.4) is 0 Å². The van der Waals surface area contributed by atoms with Crippen LogP contribution in [0.2, 0.25) is 5.02 Å². The second-order valence-electron chi connectivity index (χ2n) is 4.42. The highest BCUT2D eigenvalue weighted by molar-refractivity contribution is 6.30. The predicted octanol–water partition coefficient (Wildman–Crippen LogP) is 3.20. The summed E-state index contributed by atoms with van der Waals surface area (Å²) in [5.74, 6) is 0. The highest BCUT2D eigenvalue weighted by Gasteiger charge is 2.15. The number of amides is 1. The number of carbonyl (C=O) groups excluding carboxylic acids is 1. The molecule has 92 valence electrons. The van der Waals surface area contributed by atoms with Gasteiger partial charge in [0.2, 0.25) is 0 Å². The fraction of sp³-hybridized carbons (Fsp3) is 0.333. The Balaban J connectivity index is 2.45. The van der Waals surface area contributed by atoms with Crippen molar-refractivity contribution in [1.29, 1.82) is 0 Å². The van der Waals surface area contributed by atoms with Crippen molar-refractivity contribution in [2.24, 2.45) is 5.10 Å². The van der Waals surface area contributed by atoms with Crippen LogP contribution in [0.15, 0.2) is 29.4 Å². The van der Waals surface area contributed by atoms with E-state index in [-0.39, 0.29) is 0 Å². The normalized spacial score (nSPS) is 11.5. The van der Waals surface area contributed by atoms with E-state index in [1.165, 1.54) is 6.21 Å². The highest BCUT2D eigenvalue weighted by Crippen LogP contribution is 2.08. The van der Waals surface area contributed by atoms with Crippen molar-refractivity contribution in [3.63, 3.8) is 0 Å². The lowest BCUT2D eigenvalue weighted by molar-refractivity contribution is 0.0529. The van der Waals surface area contributed by atoms with Crippen molar-refractivity contribution < 1.29 is 9.53 Å². The minimum Gasteiger partial charge on any atom is -0.443 e. The molecule has 0 aliphatic carbocycles. The first-order valence-corrected chi connectivity index (χ1v) is 5.52. The van der Waals surface area contributed by atoms with E-state index >= 15 is 0 Å². The molecular formula is C12H15ClN2O2. The minimum atomic E-state index is -0.581. The zero-order valence-electron chi connectivity index (χ0n) is 10.0. The number of carbonyl (C=O) groups is 1. The van der Waals surface area contributed by atoms with Gasteiger partial charge in [-0.1, -0.05) is 23.7 Å². The molecule has 0 aliphatic heterocycles. The zero-order chi connectivity index (χ0) is 12.9. The number of nitrogens with one attached hydrogen (secondary N) is 1. The van der Waals surface area contributed by atoms with Gasteiger partial charge in [0.25, 0.3) is 0 Å². The summed E-state index contributed by atoms with van der Waals surface area (Å²) in [5.41, 5.74) is 2.59. The van der Waals surface area contributed by atoms with Crippen LogP contribution in [-0.2, 0) is 4.74 Å². The number of hydrazone groups is 1. The van der Waals surface area contributed by atoms with Gasteiger partial charge in [-0.05, 0) is 38.5 Å². The molecule has 0 atom stereocenters. The molecule has 1 aromatic rings. The number of nitrogens with zero attached hydrogens (tertiary/aromatic N) is 1. The SMILES string of the molecule is CC(C)(C)OC(=O)NN=Cc1ccc(Cl)cc1. The van der Waals surface area contributed by atoms with Gasteiger partial charge >= 0.3 is 6.09 Å². The van der Waals surface area contributed by atoms with Gasteiger partial charge < -0.3 is 4.74 Å². The van der Waals surface area contributed by atoms with E-state index in [0.29, 0.717) is 5.02 Å². The van der Waals surface area contributed by atoms with Crippen molar-refractivity contribution in [1.82, 2.24) is 5.43 Å². The van der Waals surface area contributed by atoms with E-state index < -0.39 is 11.7 Å². The van der Waals surface area contributed by atoms with E-state index in [4.69, 9.17) is 16.3 Å². The van der Waals surface area contributed by atoms with Crippen LogP contribution in [0.25, 0.3) is 0 Å². The Hall–Kier alpha value is -1.55. The van der Waals surface area contributed by atoms with E-state index in [1.54, 1.807) is 45.0 Å². The van der Waals surface area contributed by atoms with E-state index in [1.807, 2.05) is 0 Å². The molecule has 1 aromatic carbocycles. The molecule has 0 unspecified atom stereocenters. The first-order valence-electron chi connectivity index (χ1n) is 5.14. The molecule has 1 rings (SSSR count). The molecule has 0 aliphatic rings. The quantitative estimate of drug-likeness (QED) is 0.651. The van der Waals surface area contributed by atoms with E-state index in [0.717, 1.165) is 5.56 Å². The monoisotopic (exact) mass is 254 g/mol. The molecule has 0 heterocycles. The van der Waals surface area contributed by atoms with Crippen LogP contribution in [-0.4, -0.2) is 17.9 Å². The Bertz CT molecular complexity index is 408. The number of halogens is 1. The lowest BCUT2D eigenvalue weighted by atomic mass is 10.2. The Labute approximate surface area is 106 Å². The Morgan fingerprint density at radius 3 is 2.47 bits per heavy atom. The summed E-state index contributed by atoms with van der Waals surface area (Å²) in [6.45, 7) is 5.36. The molecule has 0 saturated carbocycles. The number of hydrogen-bond acceptors (Lipinski definition) is 3. The van der Waals surface area contributed by atoms with Crippen LogP contribution < -0.4 is 5.43 Å². The number of hydrogen-bond donors (Lipinski definition) is 1. The maximum absolute atomic E-state index is 11.2. The molecule has 4 nitrogen and oxygen atoms in total. The van der Waals surface area contributed by atoms with Crippen LogP contribution >= 0.6 is 11.6 Å². The number of ether oxygens (including phenoxy) is 1. The molecule has 17 heavy (non-hydrogen) atoms. The third kappa shape index (κ3) is 5.92.